The number of alkyl carbamates (subject to hydrolysis) is 2. The minimum Gasteiger partial charge on any atom is -0.444 e. The first-order chi connectivity index (χ1) is 12.1. The summed E-state index contributed by atoms with van der Waals surface area (Å²) in [4.78, 5) is 36.4. The Morgan fingerprint density at radius 1 is 0.889 bits per heavy atom. The lowest BCUT2D eigenvalue weighted by Gasteiger charge is -2.25. The molecule has 8 nitrogen and oxygen atoms in total. The molecule has 0 heterocycles. The van der Waals surface area contributed by atoms with E-state index in [0.717, 1.165) is 0 Å². The van der Waals surface area contributed by atoms with Gasteiger partial charge in [0.25, 0.3) is 0 Å². The van der Waals surface area contributed by atoms with Gasteiger partial charge in [0.2, 0.25) is 5.91 Å². The van der Waals surface area contributed by atoms with E-state index >= 15 is 0 Å². The van der Waals surface area contributed by atoms with Crippen LogP contribution in [0, 0.1) is 12.8 Å². The summed E-state index contributed by atoms with van der Waals surface area (Å²) in [7, 11) is 0. The van der Waals surface area contributed by atoms with Crippen LogP contribution in [0.15, 0.2) is 0 Å². The van der Waals surface area contributed by atoms with Crippen LogP contribution in [0.25, 0.3) is 0 Å². The molecule has 0 aromatic heterocycles. The van der Waals surface area contributed by atoms with Crippen LogP contribution in [0.3, 0.4) is 0 Å². The molecule has 0 rings (SSSR count). The van der Waals surface area contributed by atoms with Crippen LogP contribution < -0.4 is 16.0 Å². The lowest BCUT2D eigenvalue weighted by atomic mass is 10.0. The van der Waals surface area contributed by atoms with Gasteiger partial charge < -0.3 is 25.4 Å². The summed E-state index contributed by atoms with van der Waals surface area (Å²) < 4.78 is 10.3. The van der Waals surface area contributed by atoms with Crippen LogP contribution >= 0.6 is 0 Å². The Hall–Kier alpha value is -1.99. The topological polar surface area (TPSA) is 106 Å². The van der Waals surface area contributed by atoms with Gasteiger partial charge in [-0.1, -0.05) is 13.8 Å². The van der Waals surface area contributed by atoms with Crippen molar-refractivity contribution in [2.24, 2.45) is 5.92 Å². The number of nitrogens with one attached hydrogen (secondary N) is 3. The second-order valence-electron chi connectivity index (χ2n) is 8.92. The number of rotatable bonds is 7. The van der Waals surface area contributed by atoms with E-state index in [1.165, 1.54) is 0 Å². The summed E-state index contributed by atoms with van der Waals surface area (Å²) >= 11 is 0. The zero-order valence-electron chi connectivity index (χ0n) is 17.9. The summed E-state index contributed by atoms with van der Waals surface area (Å²) in [6, 6.07) is -1.34. The molecule has 0 fully saturated rings. The number of ether oxygens (including phenoxy) is 2. The predicted octanol–water partition coefficient (Wildman–Crippen LogP) is 2.77. The Morgan fingerprint density at radius 2 is 1.37 bits per heavy atom. The van der Waals surface area contributed by atoms with E-state index in [-0.39, 0.29) is 12.6 Å². The molecule has 0 aromatic carbocycles. The fraction of sp³-hybridized carbons (Fsp3) is 0.789. The molecule has 0 aliphatic heterocycles. The van der Waals surface area contributed by atoms with Gasteiger partial charge in [-0.25, -0.2) is 9.59 Å². The Kier molecular flexibility index (Phi) is 9.61. The first kappa shape index (κ1) is 25.0. The molecule has 0 saturated carbocycles. The zero-order chi connectivity index (χ0) is 21.4. The monoisotopic (exact) mass is 386 g/mol. The minimum absolute atomic E-state index is 0.144. The van der Waals surface area contributed by atoms with E-state index in [1.54, 1.807) is 41.5 Å². The summed E-state index contributed by atoms with van der Waals surface area (Å²) in [6.45, 7) is 18.1. The fourth-order valence-electron chi connectivity index (χ4n) is 2.09. The van der Waals surface area contributed by atoms with Crippen molar-refractivity contribution in [2.75, 3.05) is 6.54 Å². The van der Waals surface area contributed by atoms with Crippen LogP contribution in [0.2, 0.25) is 0 Å². The lowest BCUT2D eigenvalue weighted by Crippen LogP contribution is -2.55. The van der Waals surface area contributed by atoms with Gasteiger partial charge in [-0.3, -0.25) is 4.79 Å². The van der Waals surface area contributed by atoms with Gasteiger partial charge in [0, 0.05) is 6.04 Å². The van der Waals surface area contributed by atoms with E-state index in [1.807, 2.05) is 13.8 Å². The van der Waals surface area contributed by atoms with E-state index in [9.17, 15) is 14.4 Å². The number of carbonyl (C=O) groups is 3. The maximum Gasteiger partial charge on any atom is 0.408 e. The van der Waals surface area contributed by atoms with Crippen molar-refractivity contribution >= 4 is 18.1 Å². The summed E-state index contributed by atoms with van der Waals surface area (Å²) in [5.74, 6) is -0.109. The summed E-state index contributed by atoms with van der Waals surface area (Å²) in [5.41, 5.74) is -1.38. The van der Waals surface area contributed by atoms with Crippen LogP contribution in [-0.2, 0) is 14.3 Å². The smallest absolute Gasteiger partial charge is 0.408 e. The molecular weight excluding hydrogens is 350 g/mol. The first-order valence-corrected chi connectivity index (χ1v) is 9.19. The lowest BCUT2D eigenvalue weighted by molar-refractivity contribution is -0.123. The largest absolute Gasteiger partial charge is 0.444 e. The third kappa shape index (κ3) is 13.8. The molecule has 8 heteroatoms. The van der Waals surface area contributed by atoms with Crippen LogP contribution in [-0.4, -0.2) is 47.9 Å². The van der Waals surface area contributed by atoms with Gasteiger partial charge in [-0.2, -0.15) is 0 Å². The molecule has 0 spiro atoms. The van der Waals surface area contributed by atoms with Gasteiger partial charge >= 0.3 is 12.2 Å². The van der Waals surface area contributed by atoms with Crippen molar-refractivity contribution in [1.82, 2.24) is 16.0 Å². The zero-order valence-corrected chi connectivity index (χ0v) is 17.9. The highest BCUT2D eigenvalue weighted by Crippen LogP contribution is 2.08. The third-order valence-electron chi connectivity index (χ3n) is 2.96. The van der Waals surface area contributed by atoms with Gasteiger partial charge in [0.15, 0.2) is 0 Å². The Morgan fingerprint density at radius 3 is 1.81 bits per heavy atom. The maximum atomic E-state index is 12.5. The van der Waals surface area contributed by atoms with Crippen molar-refractivity contribution in [2.45, 2.75) is 85.1 Å². The molecule has 0 saturated heterocycles. The molecule has 3 amide bonds. The van der Waals surface area contributed by atoms with E-state index in [4.69, 9.17) is 9.47 Å². The molecule has 0 aliphatic carbocycles. The number of carbonyl (C=O) groups excluding carboxylic acids is 3. The normalized spacial score (nSPS) is 14.1. The SMILES string of the molecule is [CH2]C(CC(C)C)NC(=O)C(CNC(=O)OC(C)(C)C)NC(=O)OC(C)(C)C. The van der Waals surface area contributed by atoms with Gasteiger partial charge in [-0.15, -0.1) is 0 Å². The molecule has 2 atom stereocenters. The highest BCUT2D eigenvalue weighted by atomic mass is 16.6. The van der Waals surface area contributed by atoms with Crippen LogP contribution in [0.4, 0.5) is 9.59 Å². The third-order valence-corrected chi connectivity index (χ3v) is 2.96. The average molecular weight is 387 g/mol. The van der Waals surface area contributed by atoms with Crippen molar-refractivity contribution in [3.8, 4) is 0 Å². The number of hydrogen-bond acceptors (Lipinski definition) is 5. The maximum absolute atomic E-state index is 12.5. The predicted molar refractivity (Wildman–Crippen MR) is 104 cm³/mol. The van der Waals surface area contributed by atoms with Crippen molar-refractivity contribution in [3.63, 3.8) is 0 Å². The van der Waals surface area contributed by atoms with E-state index in [0.29, 0.717) is 12.3 Å². The van der Waals surface area contributed by atoms with E-state index < -0.39 is 35.3 Å². The van der Waals surface area contributed by atoms with E-state index in [2.05, 4.69) is 22.9 Å². The summed E-state index contributed by atoms with van der Waals surface area (Å²) in [5, 5.41) is 7.71. The van der Waals surface area contributed by atoms with Crippen LogP contribution in [0.1, 0.15) is 61.8 Å². The molecular formula is C19H36N3O5. The average Bonchev–Trinajstić information content (AvgIpc) is 2.37. The van der Waals surface area contributed by atoms with Crippen molar-refractivity contribution in [3.05, 3.63) is 6.92 Å². The van der Waals surface area contributed by atoms with Gasteiger partial charge in [-0.05, 0) is 60.8 Å². The molecule has 27 heavy (non-hydrogen) atoms. The summed E-state index contributed by atoms with van der Waals surface area (Å²) in [6.07, 6.45) is -0.748. The fourth-order valence-corrected chi connectivity index (χ4v) is 2.09. The number of hydrogen-bond donors (Lipinski definition) is 3. The molecule has 0 aromatic rings. The quantitative estimate of drug-likeness (QED) is 0.624. The molecule has 157 valence electrons. The molecule has 3 N–H and O–H groups in total. The number of amides is 3. The molecule has 1 radical (unpaired) electrons. The van der Waals surface area contributed by atoms with Gasteiger partial charge in [0.1, 0.15) is 17.2 Å². The van der Waals surface area contributed by atoms with Crippen molar-refractivity contribution in [1.29, 1.82) is 0 Å². The molecule has 0 bridgehead atoms. The Bertz CT molecular complexity index is 506. The van der Waals surface area contributed by atoms with Gasteiger partial charge in [0.05, 0.1) is 6.54 Å². The highest BCUT2D eigenvalue weighted by molar-refractivity contribution is 5.86. The van der Waals surface area contributed by atoms with Crippen LogP contribution in [0.5, 0.6) is 0 Å². The first-order valence-electron chi connectivity index (χ1n) is 9.19. The standard InChI is InChI=1S/C19H36N3O5/c1-12(2)10-13(3)21-15(23)14(22-17(25)27-19(7,8)9)11-20-16(24)26-18(4,5)6/h12-14H,3,10-11H2,1-2,4-9H3,(H,20,24)(H,21,23)(H,22,25). The van der Waals surface area contributed by atoms with Crippen molar-refractivity contribution < 1.29 is 23.9 Å². The molecule has 2 unspecified atom stereocenters. The minimum atomic E-state index is -1.02. The Balaban J connectivity index is 4.95. The highest BCUT2D eigenvalue weighted by Gasteiger charge is 2.27. The second kappa shape index (κ2) is 10.4. The molecule has 0 aliphatic rings. The second-order valence-corrected chi connectivity index (χ2v) is 8.92. The Labute approximate surface area is 163 Å².